The summed E-state index contributed by atoms with van der Waals surface area (Å²) in [7, 11) is 0. The first-order chi connectivity index (χ1) is 42.4. The first kappa shape index (κ1) is 66.3. The van der Waals surface area contributed by atoms with Gasteiger partial charge in [-0.15, -0.1) is 36.5 Å². The Labute approximate surface area is 509 Å². The van der Waals surface area contributed by atoms with Crippen molar-refractivity contribution < 1.29 is 77.8 Å². The minimum absolute atomic E-state index is 0.0116. The molecular weight excluding hydrogens is 1200 g/mol. The molecule has 4 aromatic carbocycles. The lowest BCUT2D eigenvalue weighted by Crippen LogP contribution is -2.28. The van der Waals surface area contributed by atoms with Gasteiger partial charge in [0.1, 0.15) is 17.1 Å². The summed E-state index contributed by atoms with van der Waals surface area (Å²) < 4.78 is 129. The summed E-state index contributed by atoms with van der Waals surface area (Å²) in [6.45, 7) is 9.55. The highest BCUT2D eigenvalue weighted by molar-refractivity contribution is 5.99. The number of halogens is 9. The molecule has 29 heteroatoms. The van der Waals surface area contributed by atoms with Crippen molar-refractivity contribution in [2.45, 2.75) is 97.7 Å². The van der Waals surface area contributed by atoms with Crippen LogP contribution in [0.4, 0.5) is 57.0 Å². The van der Waals surface area contributed by atoms with E-state index in [4.69, 9.17) is 4.74 Å². The summed E-state index contributed by atoms with van der Waals surface area (Å²) in [6, 6.07) is 33.3. The summed E-state index contributed by atoms with van der Waals surface area (Å²) in [5.74, 6) is -3.95. The van der Waals surface area contributed by atoms with Gasteiger partial charge in [-0.3, -0.25) is 33.4 Å². The Balaban J connectivity index is 0.000000175. The van der Waals surface area contributed by atoms with Crippen molar-refractivity contribution in [3.63, 3.8) is 0 Å². The van der Waals surface area contributed by atoms with Gasteiger partial charge in [-0.1, -0.05) is 80.9 Å². The Morgan fingerprint density at radius 2 is 1.11 bits per heavy atom. The molecule has 0 aliphatic carbocycles. The fourth-order valence-electron chi connectivity index (χ4n) is 9.78. The van der Waals surface area contributed by atoms with Gasteiger partial charge in [0.25, 0.3) is 0 Å². The van der Waals surface area contributed by atoms with Crippen LogP contribution in [0.3, 0.4) is 0 Å². The molecule has 6 amide bonds. The number of hydrogen-bond donors (Lipinski definition) is 6. The number of para-hydroxylation sites is 1. The zero-order valence-corrected chi connectivity index (χ0v) is 49.1. The number of aromatic nitrogens is 6. The smallest absolute Gasteiger partial charge is 0.488 e. The van der Waals surface area contributed by atoms with Crippen molar-refractivity contribution >= 4 is 52.9 Å². The average molecular weight is 1260 g/mol. The monoisotopic (exact) mass is 1260 g/mol. The number of carbonyl (C=O) groups excluding carboxylic acids is 6. The van der Waals surface area contributed by atoms with E-state index in [0.29, 0.717) is 17.9 Å². The second kappa shape index (κ2) is 27.8. The minimum Gasteiger partial charge on any atom is -0.488 e. The molecule has 0 saturated carbocycles. The summed E-state index contributed by atoms with van der Waals surface area (Å²) >= 11 is 0. The molecule has 20 nitrogen and oxygen atoms in total. The molecule has 3 aromatic heterocycles. The zero-order chi connectivity index (χ0) is 65.3. The quantitative estimate of drug-likeness (QED) is 0.0497. The standard InChI is InChI=1S/C24H26N4O3.C19H18F6N4O3.C18H19F3N4O2/c1-24(2,3)31-19-11-7-8-16(12-19)20-14-21(26-23(30)17-13-22(29)25-15-17)27-28(20)18-9-5-4-6-10-18;1-10-13(9-26-16(10)30)17(31)27-15-8-14(29(28-15)6-5-18(20,21)22)11-3-2-4-12(7-11)32-19(23,24)25;1-2-4-11-5-3-6-12(7-11)14-9-15(24-25(14)18(19,20)21)23-17(27)13-8-16(26)22-10-13/h4-12,14,17H,13,15H2,1-3H3,(H,25,29)(H,26,27,30);2-4,7-8,10,13H,5-6,9H2,1H3,(H,26,30)(H,27,28,31);3,5-7,9,13H,2,4,8,10H2,1H3,(H,22,26)(H,23,24,27)/t17-;10-,13+;13-/m011/s1. The van der Waals surface area contributed by atoms with Crippen molar-refractivity contribution in [1.29, 1.82) is 0 Å². The Morgan fingerprint density at radius 3 is 1.63 bits per heavy atom. The molecule has 6 N–H and O–H groups in total. The highest BCUT2D eigenvalue weighted by Crippen LogP contribution is 2.35. The lowest BCUT2D eigenvalue weighted by Gasteiger charge is -2.21. The first-order valence-electron chi connectivity index (χ1n) is 28.3. The number of aryl methyl sites for hydroxylation is 2. The number of carbonyl (C=O) groups is 6. The molecule has 0 bridgehead atoms. The maximum Gasteiger partial charge on any atom is 0.573 e. The average Bonchev–Trinajstić information content (AvgIpc) is 1.91. The minimum atomic E-state index is -4.95. The van der Waals surface area contributed by atoms with Gasteiger partial charge in [-0.2, -0.15) is 23.0 Å². The van der Waals surface area contributed by atoms with Gasteiger partial charge in [0.05, 0.1) is 53.5 Å². The molecule has 90 heavy (non-hydrogen) atoms. The topological polar surface area (TPSA) is 247 Å². The summed E-state index contributed by atoms with van der Waals surface area (Å²) in [4.78, 5) is 71.5. The van der Waals surface area contributed by atoms with Crippen LogP contribution < -0.4 is 41.4 Å². The van der Waals surface area contributed by atoms with Crippen molar-refractivity contribution in [3.05, 3.63) is 127 Å². The van der Waals surface area contributed by atoms with Crippen molar-refractivity contribution in [2.24, 2.45) is 23.7 Å². The lowest BCUT2D eigenvalue weighted by atomic mass is 9.97. The van der Waals surface area contributed by atoms with Crippen LogP contribution in [0.5, 0.6) is 11.5 Å². The molecular formula is C61H63F9N12O8. The second-order valence-electron chi connectivity index (χ2n) is 22.2. The van der Waals surface area contributed by atoms with E-state index in [-0.39, 0.29) is 94.3 Å². The molecule has 478 valence electrons. The van der Waals surface area contributed by atoms with Crippen molar-refractivity contribution in [2.75, 3.05) is 35.6 Å². The summed E-state index contributed by atoms with van der Waals surface area (Å²) in [5, 5.41) is 27.6. The van der Waals surface area contributed by atoms with Gasteiger partial charge in [-0.25, -0.2) is 4.68 Å². The Kier molecular flexibility index (Phi) is 20.4. The van der Waals surface area contributed by atoms with E-state index >= 15 is 0 Å². The van der Waals surface area contributed by atoms with Gasteiger partial charge < -0.3 is 41.4 Å². The largest absolute Gasteiger partial charge is 0.573 e. The lowest BCUT2D eigenvalue weighted by molar-refractivity contribution is -0.274. The molecule has 0 spiro atoms. The maximum atomic E-state index is 13.4. The molecule has 7 aromatic rings. The fourth-order valence-corrected chi connectivity index (χ4v) is 9.78. The number of anilines is 3. The molecule has 3 saturated heterocycles. The number of alkyl halides is 9. The number of ether oxygens (including phenoxy) is 2. The summed E-state index contributed by atoms with van der Waals surface area (Å²) in [6.07, 6.45) is -13.6. The number of nitrogens with zero attached hydrogens (tertiary/aromatic N) is 6. The Bertz CT molecular complexity index is 3720. The predicted molar refractivity (Wildman–Crippen MR) is 311 cm³/mol. The number of benzene rings is 4. The van der Waals surface area contributed by atoms with Gasteiger partial charge in [0, 0.05) is 73.3 Å². The maximum absolute atomic E-state index is 13.4. The SMILES string of the molecule is CC(C)(C)Oc1cccc(-c2cc(NC(=O)[C@@H]3CNC(=O)C3)nn2-c2ccccc2)c1.CCCc1cccc(-c2cc(NC(=O)[C@H]3CNC(=O)C3)nn2C(F)(F)F)c1.C[C@H]1C(=O)NC[C@@H]1C(=O)Nc1cc(-c2cccc(OC(F)(F)F)c2)n(CCC(F)(F)F)n1. The van der Waals surface area contributed by atoms with Crippen molar-refractivity contribution in [3.8, 4) is 51.0 Å². The Morgan fingerprint density at radius 1 is 0.589 bits per heavy atom. The van der Waals surface area contributed by atoms with Crippen LogP contribution in [0.15, 0.2) is 121 Å². The number of amides is 6. The van der Waals surface area contributed by atoms with E-state index < -0.39 is 67.1 Å². The first-order valence-corrected chi connectivity index (χ1v) is 28.3. The molecule has 0 unspecified atom stereocenters. The van der Waals surface area contributed by atoms with Gasteiger partial charge >= 0.3 is 18.8 Å². The van der Waals surface area contributed by atoms with E-state index in [9.17, 15) is 68.3 Å². The van der Waals surface area contributed by atoms with Crippen LogP contribution in [0.25, 0.3) is 39.5 Å². The second-order valence-corrected chi connectivity index (χ2v) is 22.2. The third kappa shape index (κ3) is 18.2. The highest BCUT2D eigenvalue weighted by Gasteiger charge is 2.39. The van der Waals surface area contributed by atoms with Gasteiger partial charge in [0.2, 0.25) is 35.4 Å². The van der Waals surface area contributed by atoms with Crippen LogP contribution in [-0.4, -0.2) is 103 Å². The fraction of sp³-hybridized carbons (Fsp3) is 0.361. The van der Waals surface area contributed by atoms with E-state index in [2.05, 4.69) is 51.9 Å². The van der Waals surface area contributed by atoms with Crippen LogP contribution in [0.2, 0.25) is 0 Å². The molecule has 10 rings (SSSR count). The van der Waals surface area contributed by atoms with Gasteiger partial charge in [-0.05, 0) is 75.2 Å². The normalized spacial score (nSPS) is 17.4. The van der Waals surface area contributed by atoms with E-state index in [1.165, 1.54) is 24.3 Å². The third-order valence-electron chi connectivity index (χ3n) is 14.0. The van der Waals surface area contributed by atoms with Crippen molar-refractivity contribution in [1.82, 2.24) is 45.3 Å². The molecule has 3 aliphatic heterocycles. The number of hydrogen-bond acceptors (Lipinski definition) is 11. The van der Waals surface area contributed by atoms with Crippen LogP contribution >= 0.6 is 0 Å². The summed E-state index contributed by atoms with van der Waals surface area (Å²) in [5.41, 5.74) is 3.57. The Hall–Kier alpha value is -9.70. The predicted octanol–water partition coefficient (Wildman–Crippen LogP) is 10.6. The zero-order valence-electron chi connectivity index (χ0n) is 49.1. The highest BCUT2D eigenvalue weighted by atomic mass is 19.4. The molecule has 6 heterocycles. The van der Waals surface area contributed by atoms with Gasteiger partial charge in [0.15, 0.2) is 17.5 Å². The third-order valence-corrected chi connectivity index (χ3v) is 14.0. The van der Waals surface area contributed by atoms with E-state index in [1.54, 1.807) is 29.8 Å². The molecule has 0 radical (unpaired) electrons. The molecule has 3 fully saturated rings. The molecule has 4 atom stereocenters. The van der Waals surface area contributed by atoms with Crippen LogP contribution in [0, 0.1) is 23.7 Å². The van der Waals surface area contributed by atoms with Crippen LogP contribution in [-0.2, 0) is 48.0 Å². The van der Waals surface area contributed by atoms with E-state index in [1.807, 2.05) is 94.4 Å². The van der Waals surface area contributed by atoms with E-state index in [0.717, 1.165) is 57.9 Å². The number of nitrogens with one attached hydrogen (secondary N) is 6. The molecule has 3 aliphatic rings. The number of rotatable bonds is 16. The van der Waals surface area contributed by atoms with Crippen LogP contribution in [0.1, 0.15) is 65.9 Å².